The molecule has 0 aliphatic carbocycles. The van der Waals surface area contributed by atoms with Gasteiger partial charge in [-0.2, -0.15) is 11.3 Å². The van der Waals surface area contributed by atoms with Crippen molar-refractivity contribution in [2.75, 3.05) is 0 Å². The number of carboxylic acid groups (broad SMARTS) is 1. The lowest BCUT2D eigenvalue weighted by Crippen LogP contribution is -2.02. The van der Waals surface area contributed by atoms with E-state index < -0.39 is 5.97 Å². The Labute approximate surface area is 154 Å². The lowest BCUT2D eigenvalue weighted by atomic mass is 10.1. The van der Waals surface area contributed by atoms with Gasteiger partial charge in [0.25, 0.3) is 0 Å². The van der Waals surface area contributed by atoms with Crippen LogP contribution in [0.5, 0.6) is 17.2 Å². The summed E-state index contributed by atoms with van der Waals surface area (Å²) in [4.78, 5) is 22.3. The number of carboxylic acids is 1. The van der Waals surface area contributed by atoms with Crippen molar-refractivity contribution in [3.8, 4) is 17.2 Å². The second kappa shape index (κ2) is 8.31. The molecule has 0 saturated carbocycles. The molecule has 3 aromatic rings. The van der Waals surface area contributed by atoms with Gasteiger partial charge in [0.15, 0.2) is 6.29 Å². The van der Waals surface area contributed by atoms with Crippen molar-refractivity contribution in [3.05, 3.63) is 76.0 Å². The number of ether oxygens (including phenoxy) is 2. The third-order valence-corrected chi connectivity index (χ3v) is 4.36. The summed E-state index contributed by atoms with van der Waals surface area (Å²) in [7, 11) is 0. The minimum Gasteiger partial charge on any atom is -0.489 e. The highest BCUT2D eigenvalue weighted by Crippen LogP contribution is 2.31. The first-order valence-electron chi connectivity index (χ1n) is 7.86. The maximum absolute atomic E-state index is 11.3. The largest absolute Gasteiger partial charge is 0.489 e. The van der Waals surface area contributed by atoms with Crippen LogP contribution in [0.15, 0.2) is 59.3 Å². The number of hydrogen-bond donors (Lipinski definition) is 1. The Bertz CT molecular complexity index is 902. The number of carbonyl (C=O) groups is 2. The lowest BCUT2D eigenvalue weighted by molar-refractivity contribution is -0.136. The molecular weight excluding hydrogens is 352 g/mol. The smallest absolute Gasteiger partial charge is 0.307 e. The Hall–Kier alpha value is -3.12. The van der Waals surface area contributed by atoms with Crippen molar-refractivity contribution >= 4 is 23.6 Å². The number of hydrogen-bond acceptors (Lipinski definition) is 5. The average Bonchev–Trinajstić information content (AvgIpc) is 3.15. The molecule has 26 heavy (non-hydrogen) atoms. The van der Waals surface area contributed by atoms with Gasteiger partial charge in [-0.25, -0.2) is 0 Å². The predicted octanol–water partition coefficient (Wildman–Crippen LogP) is 4.56. The van der Waals surface area contributed by atoms with Gasteiger partial charge in [0.2, 0.25) is 0 Å². The fourth-order valence-corrected chi connectivity index (χ4v) is 3.02. The molecule has 1 aromatic heterocycles. The predicted molar refractivity (Wildman–Crippen MR) is 98.3 cm³/mol. The van der Waals surface area contributed by atoms with Gasteiger partial charge in [-0.1, -0.05) is 18.2 Å². The molecule has 0 spiro atoms. The van der Waals surface area contributed by atoms with E-state index in [-0.39, 0.29) is 6.42 Å². The van der Waals surface area contributed by atoms with Crippen LogP contribution in [-0.2, 0) is 17.8 Å². The first-order chi connectivity index (χ1) is 12.7. The summed E-state index contributed by atoms with van der Waals surface area (Å²) in [5.74, 6) is 0.325. The van der Waals surface area contributed by atoms with E-state index in [0.29, 0.717) is 41.3 Å². The van der Waals surface area contributed by atoms with Crippen LogP contribution in [0.3, 0.4) is 0 Å². The molecule has 6 heteroatoms. The summed E-state index contributed by atoms with van der Waals surface area (Å²) in [5.41, 5.74) is 1.95. The molecule has 0 fully saturated rings. The summed E-state index contributed by atoms with van der Waals surface area (Å²) in [5, 5.41) is 13.0. The SMILES string of the molecule is O=Cc1ccc(OCc2ccsc2)cc1Oc1ccccc1CC(=O)O. The molecule has 132 valence electrons. The lowest BCUT2D eigenvalue weighted by Gasteiger charge is -2.13. The molecule has 0 bridgehead atoms. The van der Waals surface area contributed by atoms with Gasteiger partial charge in [0.05, 0.1) is 12.0 Å². The van der Waals surface area contributed by atoms with E-state index in [2.05, 4.69) is 0 Å². The molecule has 1 heterocycles. The molecular formula is C20H16O5S. The van der Waals surface area contributed by atoms with E-state index in [0.717, 1.165) is 5.56 Å². The van der Waals surface area contributed by atoms with E-state index in [4.69, 9.17) is 14.6 Å². The Morgan fingerprint density at radius 3 is 2.69 bits per heavy atom. The Morgan fingerprint density at radius 2 is 1.96 bits per heavy atom. The molecule has 3 rings (SSSR count). The third-order valence-electron chi connectivity index (χ3n) is 3.63. The Balaban J connectivity index is 1.83. The first kappa shape index (κ1) is 17.7. The van der Waals surface area contributed by atoms with Crippen LogP contribution in [-0.4, -0.2) is 17.4 Å². The van der Waals surface area contributed by atoms with E-state index in [1.54, 1.807) is 53.8 Å². The minimum absolute atomic E-state index is 0.166. The van der Waals surface area contributed by atoms with Crippen molar-refractivity contribution < 1.29 is 24.2 Å². The standard InChI is InChI=1S/C20H16O5S/c21-11-16-5-6-17(24-12-14-7-8-26-13-14)10-19(16)25-18-4-2-1-3-15(18)9-20(22)23/h1-8,10-11,13H,9,12H2,(H,22,23). The number of thiophene rings is 1. The number of carbonyl (C=O) groups excluding carboxylic acids is 1. The second-order valence-electron chi connectivity index (χ2n) is 5.52. The minimum atomic E-state index is -0.954. The van der Waals surface area contributed by atoms with Crippen LogP contribution in [0.4, 0.5) is 0 Å². The highest BCUT2D eigenvalue weighted by molar-refractivity contribution is 7.07. The molecule has 0 aliphatic heterocycles. The molecule has 2 aromatic carbocycles. The summed E-state index contributed by atoms with van der Waals surface area (Å²) in [6.45, 7) is 0.416. The van der Waals surface area contributed by atoms with Crippen molar-refractivity contribution in [1.29, 1.82) is 0 Å². The van der Waals surface area contributed by atoms with Crippen LogP contribution in [0.25, 0.3) is 0 Å². The van der Waals surface area contributed by atoms with Crippen molar-refractivity contribution in [3.63, 3.8) is 0 Å². The van der Waals surface area contributed by atoms with Gasteiger partial charge in [-0.05, 0) is 40.6 Å². The molecule has 0 unspecified atom stereocenters. The van der Waals surface area contributed by atoms with Crippen molar-refractivity contribution in [1.82, 2.24) is 0 Å². The summed E-state index contributed by atoms with van der Waals surface area (Å²) in [6.07, 6.45) is 0.527. The number of para-hydroxylation sites is 1. The fourth-order valence-electron chi connectivity index (χ4n) is 2.36. The first-order valence-corrected chi connectivity index (χ1v) is 8.80. The second-order valence-corrected chi connectivity index (χ2v) is 6.30. The van der Waals surface area contributed by atoms with Gasteiger partial charge in [0.1, 0.15) is 23.9 Å². The molecule has 0 amide bonds. The summed E-state index contributed by atoms with van der Waals surface area (Å²) >= 11 is 1.59. The highest BCUT2D eigenvalue weighted by atomic mass is 32.1. The molecule has 0 radical (unpaired) electrons. The maximum Gasteiger partial charge on any atom is 0.307 e. The molecule has 0 saturated heterocycles. The summed E-state index contributed by atoms with van der Waals surface area (Å²) < 4.78 is 11.6. The number of aldehydes is 1. The van der Waals surface area contributed by atoms with Gasteiger partial charge in [0, 0.05) is 11.6 Å². The zero-order valence-electron chi connectivity index (χ0n) is 13.8. The normalized spacial score (nSPS) is 10.3. The quantitative estimate of drug-likeness (QED) is 0.590. The zero-order chi connectivity index (χ0) is 18.4. The van der Waals surface area contributed by atoms with Crippen LogP contribution in [0.1, 0.15) is 21.5 Å². The van der Waals surface area contributed by atoms with Crippen LogP contribution in [0.2, 0.25) is 0 Å². The average molecular weight is 368 g/mol. The van der Waals surface area contributed by atoms with E-state index >= 15 is 0 Å². The Morgan fingerprint density at radius 1 is 1.12 bits per heavy atom. The summed E-state index contributed by atoms with van der Waals surface area (Å²) in [6, 6.07) is 13.8. The van der Waals surface area contributed by atoms with E-state index in [1.165, 1.54) is 0 Å². The fraction of sp³-hybridized carbons (Fsp3) is 0.100. The third kappa shape index (κ3) is 4.49. The molecule has 5 nitrogen and oxygen atoms in total. The number of rotatable bonds is 8. The Kier molecular flexibility index (Phi) is 5.66. The molecule has 1 N–H and O–H groups in total. The van der Waals surface area contributed by atoms with E-state index in [1.807, 2.05) is 16.8 Å². The zero-order valence-corrected chi connectivity index (χ0v) is 14.6. The maximum atomic E-state index is 11.3. The topological polar surface area (TPSA) is 72.8 Å². The van der Waals surface area contributed by atoms with Gasteiger partial charge in [-0.3, -0.25) is 9.59 Å². The monoisotopic (exact) mass is 368 g/mol. The van der Waals surface area contributed by atoms with Gasteiger partial charge < -0.3 is 14.6 Å². The van der Waals surface area contributed by atoms with Crippen LogP contribution < -0.4 is 9.47 Å². The van der Waals surface area contributed by atoms with Gasteiger partial charge >= 0.3 is 5.97 Å². The number of benzene rings is 2. The number of aliphatic carboxylic acids is 1. The van der Waals surface area contributed by atoms with Crippen molar-refractivity contribution in [2.24, 2.45) is 0 Å². The van der Waals surface area contributed by atoms with Gasteiger partial charge in [-0.15, -0.1) is 0 Å². The van der Waals surface area contributed by atoms with Crippen LogP contribution in [0, 0.1) is 0 Å². The van der Waals surface area contributed by atoms with Crippen LogP contribution >= 0.6 is 11.3 Å². The molecule has 0 aliphatic rings. The highest BCUT2D eigenvalue weighted by Gasteiger charge is 2.12. The molecule has 0 atom stereocenters. The van der Waals surface area contributed by atoms with E-state index in [9.17, 15) is 9.59 Å². The van der Waals surface area contributed by atoms with Crippen molar-refractivity contribution in [2.45, 2.75) is 13.0 Å².